The van der Waals surface area contributed by atoms with E-state index in [1.807, 2.05) is 25.7 Å². The third-order valence-electron chi connectivity index (χ3n) is 5.79. The van der Waals surface area contributed by atoms with Crippen molar-refractivity contribution in [3.05, 3.63) is 35.4 Å². The first kappa shape index (κ1) is 24.4. The fourth-order valence-corrected chi connectivity index (χ4v) is 4.06. The summed E-state index contributed by atoms with van der Waals surface area (Å²) in [6, 6.07) is 9.08. The summed E-state index contributed by atoms with van der Waals surface area (Å²) in [5.74, 6) is 0.733. The zero-order valence-electron chi connectivity index (χ0n) is 19.8. The maximum atomic E-state index is 12.8. The quantitative estimate of drug-likeness (QED) is 0.563. The fraction of sp³-hybridized carbons (Fsp3) is 0.667. The van der Waals surface area contributed by atoms with Gasteiger partial charge in [0.05, 0.1) is 26.2 Å². The van der Waals surface area contributed by atoms with E-state index in [1.165, 1.54) is 16.0 Å². The summed E-state index contributed by atoms with van der Waals surface area (Å²) in [7, 11) is 0. The van der Waals surface area contributed by atoms with Gasteiger partial charge in [-0.3, -0.25) is 9.59 Å². The summed E-state index contributed by atoms with van der Waals surface area (Å²) in [6.45, 7) is 16.6. The molecule has 4 N–H and O–H groups in total. The highest BCUT2D eigenvalue weighted by Crippen LogP contribution is 2.18. The van der Waals surface area contributed by atoms with Crippen molar-refractivity contribution >= 4 is 11.8 Å². The Morgan fingerprint density at radius 3 is 2.23 bits per heavy atom. The van der Waals surface area contributed by atoms with Crippen LogP contribution in [0.2, 0.25) is 0 Å². The van der Waals surface area contributed by atoms with Crippen molar-refractivity contribution in [3.63, 3.8) is 0 Å². The monoisotopic (exact) mass is 418 g/mol. The molecule has 1 aliphatic heterocycles. The van der Waals surface area contributed by atoms with Crippen LogP contribution in [0, 0.1) is 5.92 Å². The Kier molecular flexibility index (Phi) is 8.86. The molecular formula is C24H42N4O2+2. The van der Waals surface area contributed by atoms with Gasteiger partial charge in [-0.15, -0.1) is 0 Å². The SMILES string of the molecule is CCc1ccc([C@H]([NH2+]CC(=O)N2CC[NH+](CC(=O)NC(C)(C)C)CC2)C(C)C)cc1. The summed E-state index contributed by atoms with van der Waals surface area (Å²) in [4.78, 5) is 28.1. The van der Waals surface area contributed by atoms with Crippen LogP contribution in [0.4, 0.5) is 0 Å². The Hall–Kier alpha value is -1.92. The van der Waals surface area contributed by atoms with Gasteiger partial charge in [-0.2, -0.15) is 0 Å². The third-order valence-corrected chi connectivity index (χ3v) is 5.79. The standard InChI is InChI=1S/C24H40N4O2/c1-7-19-8-10-20(11-9-19)23(18(2)3)25-16-22(30)28-14-12-27(13-15-28)17-21(29)26-24(4,5)6/h8-11,18,23,25H,7,12-17H2,1-6H3,(H,26,29)/p+2/t23-/m1/s1. The third kappa shape index (κ3) is 7.73. The van der Waals surface area contributed by atoms with E-state index in [0.717, 1.165) is 32.6 Å². The number of nitrogens with two attached hydrogens (primary N) is 1. The Labute approximate surface area is 182 Å². The van der Waals surface area contributed by atoms with E-state index in [1.54, 1.807) is 0 Å². The minimum Gasteiger partial charge on any atom is -0.347 e. The molecular weight excluding hydrogens is 376 g/mol. The van der Waals surface area contributed by atoms with E-state index in [-0.39, 0.29) is 23.4 Å². The maximum absolute atomic E-state index is 12.8. The molecule has 0 radical (unpaired) electrons. The van der Waals surface area contributed by atoms with Crippen molar-refractivity contribution < 1.29 is 19.8 Å². The second-order valence-corrected chi connectivity index (χ2v) is 9.91. The Bertz CT molecular complexity index is 686. The van der Waals surface area contributed by atoms with Crippen molar-refractivity contribution in [2.75, 3.05) is 39.3 Å². The zero-order chi connectivity index (χ0) is 22.3. The lowest BCUT2D eigenvalue weighted by Crippen LogP contribution is -3.16. The van der Waals surface area contributed by atoms with Gasteiger partial charge in [-0.05, 0) is 32.8 Å². The minimum absolute atomic E-state index is 0.0828. The molecule has 0 unspecified atom stereocenters. The number of carbonyl (C=O) groups excluding carboxylic acids is 2. The molecule has 2 rings (SSSR count). The molecule has 1 heterocycles. The molecule has 1 aromatic carbocycles. The number of carbonyl (C=O) groups is 2. The van der Waals surface area contributed by atoms with Crippen LogP contribution in [-0.4, -0.2) is 61.5 Å². The first-order valence-corrected chi connectivity index (χ1v) is 11.4. The molecule has 6 heteroatoms. The van der Waals surface area contributed by atoms with Crippen molar-refractivity contribution in [3.8, 4) is 0 Å². The van der Waals surface area contributed by atoms with Gasteiger partial charge in [-0.25, -0.2) is 0 Å². The number of hydrogen-bond donors (Lipinski definition) is 3. The molecule has 1 aliphatic rings. The first-order chi connectivity index (χ1) is 14.1. The fourth-order valence-electron chi connectivity index (χ4n) is 4.06. The number of hydrogen-bond acceptors (Lipinski definition) is 2. The molecule has 1 aromatic rings. The van der Waals surface area contributed by atoms with Gasteiger partial charge >= 0.3 is 0 Å². The molecule has 1 saturated heterocycles. The van der Waals surface area contributed by atoms with Crippen LogP contribution in [0.5, 0.6) is 0 Å². The second kappa shape index (κ2) is 10.9. The van der Waals surface area contributed by atoms with E-state index in [0.29, 0.717) is 19.0 Å². The van der Waals surface area contributed by atoms with Crippen molar-refractivity contribution in [2.24, 2.45) is 5.92 Å². The predicted molar refractivity (Wildman–Crippen MR) is 120 cm³/mol. The minimum atomic E-state index is -0.200. The molecule has 2 amide bonds. The molecule has 6 nitrogen and oxygen atoms in total. The Morgan fingerprint density at radius 1 is 1.13 bits per heavy atom. The molecule has 1 fully saturated rings. The van der Waals surface area contributed by atoms with Gasteiger partial charge in [-0.1, -0.05) is 45.0 Å². The van der Waals surface area contributed by atoms with E-state index >= 15 is 0 Å². The number of benzene rings is 1. The molecule has 1 atom stereocenters. The molecule has 0 saturated carbocycles. The smallest absolute Gasteiger partial charge is 0.278 e. The first-order valence-electron chi connectivity index (χ1n) is 11.4. The van der Waals surface area contributed by atoms with Crippen molar-refractivity contribution in [1.29, 1.82) is 0 Å². The van der Waals surface area contributed by atoms with Crippen molar-refractivity contribution in [1.82, 2.24) is 10.2 Å². The Balaban J connectivity index is 1.81. The van der Waals surface area contributed by atoms with E-state index in [4.69, 9.17) is 0 Å². The number of aryl methyl sites for hydroxylation is 1. The van der Waals surface area contributed by atoms with Gasteiger partial charge in [0.15, 0.2) is 13.1 Å². The largest absolute Gasteiger partial charge is 0.347 e. The molecule has 30 heavy (non-hydrogen) atoms. The van der Waals surface area contributed by atoms with Crippen LogP contribution < -0.4 is 15.5 Å². The van der Waals surface area contributed by atoms with Crippen LogP contribution in [0.25, 0.3) is 0 Å². The summed E-state index contributed by atoms with van der Waals surface area (Å²) in [5.41, 5.74) is 2.43. The van der Waals surface area contributed by atoms with E-state index in [9.17, 15) is 9.59 Å². The summed E-state index contributed by atoms with van der Waals surface area (Å²) in [6.07, 6.45) is 1.04. The van der Waals surface area contributed by atoms with Crippen molar-refractivity contribution in [2.45, 2.75) is 59.5 Å². The number of piperazine rings is 1. The molecule has 0 spiro atoms. The lowest BCUT2D eigenvalue weighted by Gasteiger charge is -2.32. The zero-order valence-corrected chi connectivity index (χ0v) is 19.8. The van der Waals surface area contributed by atoms with Gasteiger partial charge in [0.2, 0.25) is 0 Å². The lowest BCUT2D eigenvalue weighted by molar-refractivity contribution is -0.896. The lowest BCUT2D eigenvalue weighted by atomic mass is 9.95. The van der Waals surface area contributed by atoms with Gasteiger partial charge in [0.1, 0.15) is 6.04 Å². The normalized spacial score (nSPS) is 16.6. The number of rotatable bonds is 8. The predicted octanol–water partition coefficient (Wildman–Crippen LogP) is 0.151. The number of nitrogens with one attached hydrogen (secondary N) is 2. The van der Waals surface area contributed by atoms with Crippen LogP contribution in [0.1, 0.15) is 58.7 Å². The average molecular weight is 419 g/mol. The highest BCUT2D eigenvalue weighted by atomic mass is 16.2. The average Bonchev–Trinajstić information content (AvgIpc) is 2.67. The van der Waals surface area contributed by atoms with Gasteiger partial charge < -0.3 is 20.4 Å². The second-order valence-electron chi connectivity index (χ2n) is 9.91. The summed E-state index contributed by atoms with van der Waals surface area (Å²) in [5, 5.41) is 5.21. The van der Waals surface area contributed by atoms with E-state index in [2.05, 4.69) is 55.7 Å². The van der Waals surface area contributed by atoms with Gasteiger partial charge in [0, 0.05) is 17.0 Å². The van der Waals surface area contributed by atoms with Crippen LogP contribution >= 0.6 is 0 Å². The molecule has 0 bridgehead atoms. The molecule has 0 aliphatic carbocycles. The van der Waals surface area contributed by atoms with Gasteiger partial charge in [0.25, 0.3) is 11.8 Å². The Morgan fingerprint density at radius 2 is 1.73 bits per heavy atom. The highest BCUT2D eigenvalue weighted by molar-refractivity contribution is 5.78. The van der Waals surface area contributed by atoms with Crippen LogP contribution in [0.3, 0.4) is 0 Å². The number of nitrogens with zero attached hydrogens (tertiary/aromatic N) is 1. The summed E-state index contributed by atoms with van der Waals surface area (Å²) >= 11 is 0. The van der Waals surface area contributed by atoms with Crippen LogP contribution in [-0.2, 0) is 16.0 Å². The highest BCUT2D eigenvalue weighted by Gasteiger charge is 2.28. The molecule has 0 aromatic heterocycles. The van der Waals surface area contributed by atoms with Crippen LogP contribution in [0.15, 0.2) is 24.3 Å². The number of amides is 2. The topological polar surface area (TPSA) is 70.5 Å². The maximum Gasteiger partial charge on any atom is 0.278 e. The summed E-state index contributed by atoms with van der Waals surface area (Å²) < 4.78 is 0. The number of quaternary nitrogens is 2. The van der Waals surface area contributed by atoms with E-state index < -0.39 is 0 Å². The molecule has 168 valence electrons.